The van der Waals surface area contributed by atoms with Crippen molar-refractivity contribution in [2.45, 2.75) is 52.2 Å². The van der Waals surface area contributed by atoms with E-state index in [4.69, 9.17) is 4.74 Å². The van der Waals surface area contributed by atoms with E-state index in [1.807, 2.05) is 40.0 Å². The monoisotopic (exact) mass is 327 g/mol. The fourth-order valence-electron chi connectivity index (χ4n) is 3.58. The van der Waals surface area contributed by atoms with Gasteiger partial charge in [0.1, 0.15) is 11.4 Å². The molecule has 128 valence electrons. The predicted octanol–water partition coefficient (Wildman–Crippen LogP) is 4.00. The van der Waals surface area contributed by atoms with Crippen LogP contribution >= 0.6 is 0 Å². The van der Waals surface area contributed by atoms with E-state index in [9.17, 15) is 5.11 Å². The molecule has 4 rings (SSSR count). The highest BCUT2D eigenvalue weighted by molar-refractivity contribution is 5.73. The number of phenolic OH excluding ortho intramolecular Hbond substituents is 1. The van der Waals surface area contributed by atoms with Gasteiger partial charge in [0.2, 0.25) is 0 Å². The summed E-state index contributed by atoms with van der Waals surface area (Å²) in [7, 11) is 1.86. The Hall–Kier alpha value is -2.14. The normalized spacial score (nSPS) is 20.8. The van der Waals surface area contributed by atoms with Crippen molar-refractivity contribution in [3.8, 4) is 17.0 Å². The molecule has 3 heterocycles. The van der Waals surface area contributed by atoms with Crippen molar-refractivity contribution >= 4 is 5.82 Å². The maximum Gasteiger partial charge on any atom is 0.154 e. The second-order valence-electron chi connectivity index (χ2n) is 6.09. The van der Waals surface area contributed by atoms with Crippen molar-refractivity contribution in [3.63, 3.8) is 0 Å². The Balaban J connectivity index is 0.000000815. The van der Waals surface area contributed by atoms with Gasteiger partial charge in [-0.25, -0.2) is 0 Å². The molecule has 1 aromatic carbocycles. The van der Waals surface area contributed by atoms with Crippen LogP contribution in [0, 0.1) is 6.92 Å². The van der Waals surface area contributed by atoms with E-state index >= 15 is 0 Å². The van der Waals surface area contributed by atoms with Gasteiger partial charge in [0.25, 0.3) is 0 Å². The first-order valence-corrected chi connectivity index (χ1v) is 8.70. The van der Waals surface area contributed by atoms with Gasteiger partial charge in [-0.3, -0.25) is 0 Å². The van der Waals surface area contributed by atoms with Crippen molar-refractivity contribution in [3.05, 3.63) is 34.9 Å². The van der Waals surface area contributed by atoms with Gasteiger partial charge >= 0.3 is 0 Å². The molecule has 1 aromatic heterocycles. The molecule has 5 heteroatoms. The third kappa shape index (κ3) is 2.73. The molecule has 24 heavy (non-hydrogen) atoms. The van der Waals surface area contributed by atoms with Crippen LogP contribution in [0.5, 0.6) is 5.75 Å². The van der Waals surface area contributed by atoms with E-state index in [2.05, 4.69) is 15.5 Å². The van der Waals surface area contributed by atoms with Crippen molar-refractivity contribution in [2.75, 3.05) is 12.4 Å². The standard InChI is InChI=1S/C17H19N3O2.C2H6/c1-9-3-5-11(13(21)7-9)16-12-8-10-4-6-14(22-10)15(12)17(18-2)20-19-16;1-2/h3,5,7,10,14,21H,4,6,8H2,1-2H3,(H,18,20);1-2H3. The predicted molar refractivity (Wildman–Crippen MR) is 95.3 cm³/mol. The molecule has 0 spiro atoms. The first-order valence-electron chi connectivity index (χ1n) is 8.70. The van der Waals surface area contributed by atoms with Crippen molar-refractivity contribution in [2.24, 2.45) is 0 Å². The molecule has 1 saturated heterocycles. The first-order chi connectivity index (χ1) is 11.7. The molecular weight excluding hydrogens is 302 g/mol. The number of fused-ring (bicyclic) bond motifs is 4. The molecule has 2 atom stereocenters. The van der Waals surface area contributed by atoms with Gasteiger partial charge in [-0.2, -0.15) is 0 Å². The van der Waals surface area contributed by atoms with Crippen LogP contribution in [0.1, 0.15) is 49.5 Å². The third-order valence-electron chi connectivity index (χ3n) is 4.62. The highest BCUT2D eigenvalue weighted by atomic mass is 16.5. The summed E-state index contributed by atoms with van der Waals surface area (Å²) in [6, 6.07) is 5.68. The Bertz CT molecular complexity index is 746. The summed E-state index contributed by atoms with van der Waals surface area (Å²) >= 11 is 0. The Labute approximate surface area is 143 Å². The summed E-state index contributed by atoms with van der Waals surface area (Å²) in [5.41, 5.74) is 4.84. The average Bonchev–Trinajstić information content (AvgIpc) is 2.98. The van der Waals surface area contributed by atoms with Crippen LogP contribution in [0.15, 0.2) is 18.2 Å². The van der Waals surface area contributed by atoms with Gasteiger partial charge in [0.05, 0.1) is 12.2 Å². The van der Waals surface area contributed by atoms with Crippen LogP contribution in [0.4, 0.5) is 5.82 Å². The highest BCUT2D eigenvalue weighted by Gasteiger charge is 2.38. The zero-order chi connectivity index (χ0) is 17.3. The number of aryl methyl sites for hydroxylation is 1. The van der Waals surface area contributed by atoms with E-state index in [0.717, 1.165) is 53.0 Å². The summed E-state index contributed by atoms with van der Waals surface area (Å²) in [4.78, 5) is 0. The van der Waals surface area contributed by atoms with E-state index in [0.29, 0.717) is 0 Å². The first kappa shape index (κ1) is 16.7. The van der Waals surface area contributed by atoms with Gasteiger partial charge in [-0.15, -0.1) is 10.2 Å². The fourth-order valence-corrected chi connectivity index (χ4v) is 3.58. The number of phenols is 1. The largest absolute Gasteiger partial charge is 0.507 e. The number of aromatic nitrogens is 2. The number of nitrogens with zero attached hydrogens (tertiary/aromatic N) is 2. The lowest BCUT2D eigenvalue weighted by Gasteiger charge is -2.27. The summed E-state index contributed by atoms with van der Waals surface area (Å²) in [5, 5.41) is 22.1. The van der Waals surface area contributed by atoms with Crippen LogP contribution in [-0.2, 0) is 11.2 Å². The van der Waals surface area contributed by atoms with E-state index in [1.54, 1.807) is 6.07 Å². The molecule has 2 aliphatic heterocycles. The maximum atomic E-state index is 10.3. The SMILES string of the molecule is CC.CNc1nnc(-c2ccc(C)cc2O)c2c1C1CCC(C2)O1. The van der Waals surface area contributed by atoms with Gasteiger partial charge in [-0.05, 0) is 43.0 Å². The number of hydrogen-bond donors (Lipinski definition) is 2. The number of rotatable bonds is 2. The smallest absolute Gasteiger partial charge is 0.154 e. The van der Waals surface area contributed by atoms with Gasteiger partial charge < -0.3 is 15.2 Å². The Kier molecular flexibility index (Phi) is 4.71. The second kappa shape index (κ2) is 6.77. The number of ether oxygens (including phenoxy) is 1. The zero-order valence-corrected chi connectivity index (χ0v) is 14.8. The molecule has 0 saturated carbocycles. The van der Waals surface area contributed by atoms with E-state index < -0.39 is 0 Å². The Morgan fingerprint density at radius 3 is 2.71 bits per heavy atom. The number of benzene rings is 1. The molecule has 2 N–H and O–H groups in total. The topological polar surface area (TPSA) is 67.3 Å². The van der Waals surface area contributed by atoms with Crippen molar-refractivity contribution in [1.29, 1.82) is 0 Å². The zero-order valence-electron chi connectivity index (χ0n) is 14.8. The molecular formula is C19H25N3O2. The lowest BCUT2D eigenvalue weighted by atomic mass is 9.93. The third-order valence-corrected chi connectivity index (χ3v) is 4.62. The summed E-state index contributed by atoms with van der Waals surface area (Å²) in [6.07, 6.45) is 3.29. The Morgan fingerprint density at radius 2 is 2.00 bits per heavy atom. The lowest BCUT2D eigenvalue weighted by molar-refractivity contribution is 0.0326. The Morgan fingerprint density at radius 1 is 1.21 bits per heavy atom. The number of aromatic hydroxyl groups is 1. The van der Waals surface area contributed by atoms with Crippen LogP contribution in [0.3, 0.4) is 0 Å². The molecule has 2 aromatic rings. The fraction of sp³-hybridized carbons (Fsp3) is 0.474. The molecule has 2 unspecified atom stereocenters. The number of anilines is 1. The highest BCUT2D eigenvalue weighted by Crippen LogP contribution is 2.46. The molecule has 0 amide bonds. The minimum atomic E-state index is 0.0954. The molecule has 0 radical (unpaired) electrons. The van der Waals surface area contributed by atoms with Gasteiger partial charge in [0, 0.05) is 24.6 Å². The summed E-state index contributed by atoms with van der Waals surface area (Å²) < 4.78 is 6.04. The van der Waals surface area contributed by atoms with E-state index in [-0.39, 0.29) is 18.0 Å². The minimum Gasteiger partial charge on any atom is -0.507 e. The summed E-state index contributed by atoms with van der Waals surface area (Å²) in [6.45, 7) is 5.96. The second-order valence-corrected chi connectivity index (χ2v) is 6.09. The lowest BCUT2D eigenvalue weighted by Crippen LogP contribution is -2.21. The van der Waals surface area contributed by atoms with Crippen LogP contribution < -0.4 is 5.32 Å². The number of hydrogen-bond acceptors (Lipinski definition) is 5. The minimum absolute atomic E-state index is 0.0954. The molecule has 5 nitrogen and oxygen atoms in total. The van der Waals surface area contributed by atoms with Crippen LogP contribution in [0.2, 0.25) is 0 Å². The molecule has 1 fully saturated rings. The molecule has 2 aliphatic rings. The number of nitrogens with one attached hydrogen (secondary N) is 1. The quantitative estimate of drug-likeness (QED) is 0.872. The maximum absolute atomic E-state index is 10.3. The van der Waals surface area contributed by atoms with Gasteiger partial charge in [-0.1, -0.05) is 19.9 Å². The average molecular weight is 327 g/mol. The molecule has 0 aliphatic carbocycles. The van der Waals surface area contributed by atoms with Crippen molar-refractivity contribution < 1.29 is 9.84 Å². The van der Waals surface area contributed by atoms with E-state index in [1.165, 1.54) is 0 Å². The summed E-state index contributed by atoms with van der Waals surface area (Å²) in [5.74, 6) is 1.04. The van der Waals surface area contributed by atoms with Crippen LogP contribution in [0.25, 0.3) is 11.3 Å². The van der Waals surface area contributed by atoms with Crippen LogP contribution in [-0.4, -0.2) is 28.5 Å². The van der Waals surface area contributed by atoms with Gasteiger partial charge in [0.15, 0.2) is 5.82 Å². The van der Waals surface area contributed by atoms with Crippen molar-refractivity contribution in [1.82, 2.24) is 10.2 Å². The molecule has 2 bridgehead atoms.